The fourth-order valence-corrected chi connectivity index (χ4v) is 1.41. The molecule has 0 aromatic heterocycles. The lowest BCUT2D eigenvalue weighted by atomic mass is 10.1. The van der Waals surface area contributed by atoms with Crippen molar-refractivity contribution in [3.05, 3.63) is 29.3 Å². The normalized spacial score (nSPS) is 10.5. The summed E-state index contributed by atoms with van der Waals surface area (Å²) in [5, 5.41) is 9.09. The zero-order valence-corrected chi connectivity index (χ0v) is 9.61. The molecule has 1 rings (SSSR count). The van der Waals surface area contributed by atoms with Crippen molar-refractivity contribution in [2.24, 2.45) is 0 Å². The summed E-state index contributed by atoms with van der Waals surface area (Å²) in [6.07, 6.45) is 0. The first-order chi connectivity index (χ1) is 6.93. The molecule has 0 saturated carbocycles. The molecule has 0 aliphatic carbocycles. The van der Waals surface area contributed by atoms with Gasteiger partial charge >= 0.3 is 5.97 Å². The number of carboxylic acid groups (broad SMARTS) is 1. The van der Waals surface area contributed by atoms with Gasteiger partial charge in [-0.1, -0.05) is 11.6 Å². The summed E-state index contributed by atoms with van der Waals surface area (Å²) in [6.45, 7) is 5.96. The Bertz CT molecular complexity index is 372. The van der Waals surface area contributed by atoms with Gasteiger partial charge in [0.1, 0.15) is 0 Å². The number of nitrogens with zero attached hydrogens (tertiary/aromatic N) is 1. The summed E-state index contributed by atoms with van der Waals surface area (Å²) in [4.78, 5) is 13.0. The largest absolute Gasteiger partial charge is 0.478 e. The second-order valence-electron chi connectivity index (χ2n) is 4.03. The van der Waals surface area contributed by atoms with Gasteiger partial charge in [-0.2, -0.15) is 0 Å². The molecular formula is C12H17NO2. The van der Waals surface area contributed by atoms with E-state index in [4.69, 9.17) is 5.11 Å². The van der Waals surface area contributed by atoms with Crippen molar-refractivity contribution in [2.45, 2.75) is 26.8 Å². The number of benzene rings is 1. The molecule has 82 valence electrons. The van der Waals surface area contributed by atoms with Gasteiger partial charge in [-0.3, -0.25) is 0 Å². The van der Waals surface area contributed by atoms with E-state index in [-0.39, 0.29) is 6.04 Å². The van der Waals surface area contributed by atoms with Crippen molar-refractivity contribution in [3.63, 3.8) is 0 Å². The molecule has 15 heavy (non-hydrogen) atoms. The van der Waals surface area contributed by atoms with Gasteiger partial charge in [0.25, 0.3) is 0 Å². The van der Waals surface area contributed by atoms with Gasteiger partial charge in [-0.15, -0.1) is 0 Å². The minimum atomic E-state index is -0.874. The maximum atomic E-state index is 11.1. The number of aryl methyl sites for hydroxylation is 1. The van der Waals surface area contributed by atoms with E-state index in [9.17, 15) is 4.79 Å². The quantitative estimate of drug-likeness (QED) is 0.828. The first-order valence-corrected chi connectivity index (χ1v) is 5.00. The van der Waals surface area contributed by atoms with Crippen molar-refractivity contribution in [1.82, 2.24) is 0 Å². The van der Waals surface area contributed by atoms with Crippen LogP contribution in [0, 0.1) is 6.92 Å². The molecule has 3 nitrogen and oxygen atoms in total. The lowest BCUT2D eigenvalue weighted by Crippen LogP contribution is -2.27. The van der Waals surface area contributed by atoms with Crippen molar-refractivity contribution in [2.75, 3.05) is 11.9 Å². The zero-order valence-electron chi connectivity index (χ0n) is 9.61. The van der Waals surface area contributed by atoms with Gasteiger partial charge < -0.3 is 10.0 Å². The van der Waals surface area contributed by atoms with Gasteiger partial charge in [0, 0.05) is 13.1 Å². The number of carboxylic acids is 1. The molecule has 0 bridgehead atoms. The lowest BCUT2D eigenvalue weighted by molar-refractivity contribution is 0.0697. The van der Waals surface area contributed by atoms with Crippen LogP contribution in [0.2, 0.25) is 0 Å². The molecule has 0 amide bonds. The van der Waals surface area contributed by atoms with E-state index in [1.54, 1.807) is 6.07 Å². The van der Waals surface area contributed by atoms with Gasteiger partial charge in [0.05, 0.1) is 11.3 Å². The Balaban J connectivity index is 3.22. The molecule has 0 heterocycles. The lowest BCUT2D eigenvalue weighted by Gasteiger charge is -2.25. The summed E-state index contributed by atoms with van der Waals surface area (Å²) in [6, 6.07) is 5.78. The van der Waals surface area contributed by atoms with Crippen molar-refractivity contribution in [3.8, 4) is 0 Å². The molecule has 0 aliphatic heterocycles. The van der Waals surface area contributed by atoms with Crippen LogP contribution in [-0.2, 0) is 0 Å². The van der Waals surface area contributed by atoms with Crippen molar-refractivity contribution in [1.29, 1.82) is 0 Å². The number of hydrogen-bond acceptors (Lipinski definition) is 2. The number of rotatable bonds is 3. The topological polar surface area (TPSA) is 40.5 Å². The highest BCUT2D eigenvalue weighted by Gasteiger charge is 2.14. The average molecular weight is 207 g/mol. The summed E-state index contributed by atoms with van der Waals surface area (Å²) in [5.41, 5.74) is 2.10. The Morgan fingerprint density at radius 3 is 2.47 bits per heavy atom. The second-order valence-corrected chi connectivity index (χ2v) is 4.03. The maximum absolute atomic E-state index is 11.1. The third-order valence-corrected chi connectivity index (χ3v) is 2.54. The molecule has 3 heteroatoms. The standard InChI is InChI=1S/C12H17NO2/c1-8(2)13(4)11-6-5-9(3)7-10(11)12(14)15/h5-8H,1-4H3,(H,14,15). The maximum Gasteiger partial charge on any atom is 0.337 e. The second kappa shape index (κ2) is 4.34. The first-order valence-electron chi connectivity index (χ1n) is 5.00. The molecule has 0 atom stereocenters. The fraction of sp³-hybridized carbons (Fsp3) is 0.417. The third kappa shape index (κ3) is 2.49. The van der Waals surface area contributed by atoms with Crippen LogP contribution in [0.1, 0.15) is 29.8 Å². The highest BCUT2D eigenvalue weighted by molar-refractivity contribution is 5.94. The van der Waals surface area contributed by atoms with E-state index < -0.39 is 5.97 Å². The summed E-state index contributed by atoms with van der Waals surface area (Å²) in [5.74, 6) is -0.874. The summed E-state index contributed by atoms with van der Waals surface area (Å²) in [7, 11) is 1.90. The van der Waals surface area contributed by atoms with Crippen molar-refractivity contribution < 1.29 is 9.90 Å². The minimum Gasteiger partial charge on any atom is -0.478 e. The van der Waals surface area contributed by atoms with E-state index in [0.29, 0.717) is 5.56 Å². The van der Waals surface area contributed by atoms with Gasteiger partial charge in [0.15, 0.2) is 0 Å². The third-order valence-electron chi connectivity index (χ3n) is 2.54. The molecule has 0 aliphatic rings. The van der Waals surface area contributed by atoms with E-state index >= 15 is 0 Å². The Kier molecular flexibility index (Phi) is 3.35. The zero-order chi connectivity index (χ0) is 11.6. The molecule has 0 radical (unpaired) electrons. The number of anilines is 1. The van der Waals surface area contributed by atoms with Crippen LogP contribution in [0.4, 0.5) is 5.69 Å². The summed E-state index contributed by atoms with van der Waals surface area (Å²) < 4.78 is 0. The van der Waals surface area contributed by atoms with Crippen LogP contribution in [0.15, 0.2) is 18.2 Å². The average Bonchev–Trinajstić information content (AvgIpc) is 2.16. The van der Waals surface area contributed by atoms with Crippen LogP contribution in [0.3, 0.4) is 0 Å². The van der Waals surface area contributed by atoms with Crippen LogP contribution in [0.25, 0.3) is 0 Å². The predicted octanol–water partition coefficient (Wildman–Crippen LogP) is 2.54. The Labute approximate surface area is 90.3 Å². The molecule has 1 N–H and O–H groups in total. The van der Waals surface area contributed by atoms with Gasteiger partial charge in [0.2, 0.25) is 0 Å². The monoisotopic (exact) mass is 207 g/mol. The van der Waals surface area contributed by atoms with E-state index in [2.05, 4.69) is 0 Å². The fourth-order valence-electron chi connectivity index (χ4n) is 1.41. The molecular weight excluding hydrogens is 190 g/mol. The highest BCUT2D eigenvalue weighted by Crippen LogP contribution is 2.22. The number of hydrogen-bond donors (Lipinski definition) is 1. The molecule has 0 spiro atoms. The first kappa shape index (κ1) is 11.6. The van der Waals surface area contributed by atoms with Gasteiger partial charge in [-0.05, 0) is 32.9 Å². The SMILES string of the molecule is Cc1ccc(N(C)C(C)C)c(C(=O)O)c1. The Hall–Kier alpha value is -1.51. The van der Waals surface area contributed by atoms with Crippen LogP contribution >= 0.6 is 0 Å². The molecule has 0 unspecified atom stereocenters. The van der Waals surface area contributed by atoms with Crippen molar-refractivity contribution >= 4 is 11.7 Å². The van der Waals surface area contributed by atoms with Crippen LogP contribution < -0.4 is 4.90 Å². The Morgan fingerprint density at radius 2 is 2.00 bits per heavy atom. The van der Waals surface area contributed by atoms with E-state index in [1.165, 1.54) is 0 Å². The van der Waals surface area contributed by atoms with E-state index in [1.807, 2.05) is 44.9 Å². The highest BCUT2D eigenvalue weighted by atomic mass is 16.4. The molecule has 1 aromatic rings. The number of carbonyl (C=O) groups is 1. The van der Waals surface area contributed by atoms with Crippen LogP contribution in [-0.4, -0.2) is 24.2 Å². The van der Waals surface area contributed by atoms with Gasteiger partial charge in [-0.25, -0.2) is 4.79 Å². The minimum absolute atomic E-state index is 0.283. The Morgan fingerprint density at radius 1 is 1.40 bits per heavy atom. The molecule has 0 fully saturated rings. The smallest absolute Gasteiger partial charge is 0.337 e. The molecule has 0 saturated heterocycles. The predicted molar refractivity (Wildman–Crippen MR) is 61.7 cm³/mol. The van der Waals surface area contributed by atoms with E-state index in [0.717, 1.165) is 11.3 Å². The molecule has 1 aromatic carbocycles. The summed E-state index contributed by atoms with van der Waals surface area (Å²) >= 11 is 0. The number of aromatic carboxylic acids is 1. The van der Waals surface area contributed by atoms with Crippen LogP contribution in [0.5, 0.6) is 0 Å².